The number of nitrogens with one attached hydrogen (secondary N) is 2. The smallest absolute Gasteiger partial charge is 0.240 e. The third-order valence-electron chi connectivity index (χ3n) is 5.10. The Bertz CT molecular complexity index is 871. The zero-order valence-electron chi connectivity index (χ0n) is 16.7. The highest BCUT2D eigenvalue weighted by molar-refractivity contribution is 6.16. The van der Waals surface area contributed by atoms with E-state index in [-0.39, 0.29) is 11.8 Å². The van der Waals surface area contributed by atoms with Gasteiger partial charge >= 0.3 is 0 Å². The first kappa shape index (κ1) is 19.7. The Labute approximate surface area is 165 Å². The van der Waals surface area contributed by atoms with Crippen LogP contribution in [0.5, 0.6) is 11.5 Å². The van der Waals surface area contributed by atoms with Gasteiger partial charge in [-0.05, 0) is 48.6 Å². The first-order valence-electron chi connectivity index (χ1n) is 9.34. The highest BCUT2D eigenvalue weighted by atomic mass is 16.5. The number of hydrogen-bond donors (Lipinski definition) is 2. The Balaban J connectivity index is 1.68. The van der Waals surface area contributed by atoms with Crippen molar-refractivity contribution in [2.24, 2.45) is 5.41 Å². The molecule has 6 heteroatoms. The minimum absolute atomic E-state index is 0.275. The van der Waals surface area contributed by atoms with Crippen molar-refractivity contribution in [1.29, 1.82) is 0 Å². The normalized spacial score (nSPS) is 14.3. The summed E-state index contributed by atoms with van der Waals surface area (Å²) >= 11 is 0. The van der Waals surface area contributed by atoms with Gasteiger partial charge in [0.1, 0.15) is 5.41 Å². The van der Waals surface area contributed by atoms with E-state index in [0.717, 1.165) is 0 Å². The second kappa shape index (κ2) is 7.92. The van der Waals surface area contributed by atoms with Gasteiger partial charge in [-0.2, -0.15) is 0 Å². The monoisotopic (exact) mass is 382 g/mol. The van der Waals surface area contributed by atoms with Crippen LogP contribution in [0.1, 0.15) is 38.2 Å². The van der Waals surface area contributed by atoms with Crippen molar-refractivity contribution in [3.8, 4) is 11.5 Å². The van der Waals surface area contributed by atoms with Crippen LogP contribution < -0.4 is 20.1 Å². The van der Waals surface area contributed by atoms with E-state index in [1.807, 2.05) is 24.3 Å². The molecule has 0 bridgehead atoms. The van der Waals surface area contributed by atoms with Crippen LogP contribution >= 0.6 is 0 Å². The summed E-state index contributed by atoms with van der Waals surface area (Å²) in [5.74, 6) is 0.926. The van der Waals surface area contributed by atoms with Gasteiger partial charge in [0.2, 0.25) is 11.8 Å². The SMILES string of the molecule is COc1ccc(NC(=O)C2(C(=O)Nc3ccc(C(C)C)cc3)CC2)cc1OC. The van der Waals surface area contributed by atoms with E-state index in [1.165, 1.54) is 12.7 Å². The zero-order valence-corrected chi connectivity index (χ0v) is 16.7. The summed E-state index contributed by atoms with van der Waals surface area (Å²) < 4.78 is 10.5. The van der Waals surface area contributed by atoms with E-state index in [9.17, 15) is 9.59 Å². The zero-order chi connectivity index (χ0) is 20.3. The van der Waals surface area contributed by atoms with Crippen LogP contribution in [0.4, 0.5) is 11.4 Å². The highest BCUT2D eigenvalue weighted by Crippen LogP contribution is 2.47. The maximum atomic E-state index is 12.8. The van der Waals surface area contributed by atoms with Crippen molar-refractivity contribution in [1.82, 2.24) is 0 Å². The molecule has 0 heterocycles. The van der Waals surface area contributed by atoms with Gasteiger partial charge in [-0.15, -0.1) is 0 Å². The number of methoxy groups -OCH3 is 2. The first-order valence-corrected chi connectivity index (χ1v) is 9.34. The molecular weight excluding hydrogens is 356 g/mol. The van der Waals surface area contributed by atoms with Gasteiger partial charge < -0.3 is 20.1 Å². The van der Waals surface area contributed by atoms with Gasteiger partial charge in [-0.25, -0.2) is 0 Å². The number of ether oxygens (including phenoxy) is 2. The van der Waals surface area contributed by atoms with Crippen LogP contribution in [0.3, 0.4) is 0 Å². The molecule has 0 aromatic heterocycles. The molecule has 0 atom stereocenters. The fourth-order valence-corrected chi connectivity index (χ4v) is 3.05. The molecule has 1 fully saturated rings. The molecular formula is C22H26N2O4. The fraction of sp³-hybridized carbons (Fsp3) is 0.364. The fourth-order valence-electron chi connectivity index (χ4n) is 3.05. The van der Waals surface area contributed by atoms with Crippen LogP contribution in [0.25, 0.3) is 0 Å². The Morgan fingerprint density at radius 3 is 1.89 bits per heavy atom. The minimum atomic E-state index is -1.02. The topological polar surface area (TPSA) is 76.7 Å². The van der Waals surface area contributed by atoms with Crippen LogP contribution in [0.2, 0.25) is 0 Å². The summed E-state index contributed by atoms with van der Waals surface area (Å²) in [6, 6.07) is 12.8. The van der Waals surface area contributed by atoms with Gasteiger partial charge in [-0.3, -0.25) is 9.59 Å². The van der Waals surface area contributed by atoms with Gasteiger partial charge in [0.05, 0.1) is 14.2 Å². The molecule has 3 rings (SSSR count). The van der Waals surface area contributed by atoms with E-state index in [4.69, 9.17) is 9.47 Å². The molecule has 0 aliphatic heterocycles. The van der Waals surface area contributed by atoms with Crippen molar-refractivity contribution in [2.75, 3.05) is 24.9 Å². The lowest BCUT2D eigenvalue weighted by molar-refractivity contribution is -0.131. The van der Waals surface area contributed by atoms with Crippen molar-refractivity contribution >= 4 is 23.2 Å². The predicted molar refractivity (Wildman–Crippen MR) is 109 cm³/mol. The molecule has 2 aromatic rings. The number of carbonyl (C=O) groups excluding carboxylic acids is 2. The summed E-state index contributed by atoms with van der Waals surface area (Å²) in [5.41, 5.74) is 1.43. The lowest BCUT2D eigenvalue weighted by Gasteiger charge is -2.17. The van der Waals surface area contributed by atoms with E-state index >= 15 is 0 Å². The number of anilines is 2. The number of amides is 2. The standard InChI is InChI=1S/C22H26N2O4/c1-14(2)15-5-7-16(8-6-15)23-20(25)22(11-12-22)21(26)24-17-9-10-18(27-3)19(13-17)28-4/h5-10,13-14H,11-12H2,1-4H3,(H,23,25)(H,24,26). The molecule has 2 amide bonds. The molecule has 1 aliphatic rings. The average molecular weight is 382 g/mol. The Kier molecular flexibility index (Phi) is 5.58. The summed E-state index contributed by atoms with van der Waals surface area (Å²) in [5, 5.41) is 5.70. The lowest BCUT2D eigenvalue weighted by atomic mass is 10.0. The second-order valence-corrected chi connectivity index (χ2v) is 7.34. The quantitative estimate of drug-likeness (QED) is 0.704. The molecule has 6 nitrogen and oxygen atoms in total. The van der Waals surface area contributed by atoms with Crippen molar-refractivity contribution in [3.05, 3.63) is 48.0 Å². The first-order chi connectivity index (χ1) is 13.4. The number of carbonyl (C=O) groups is 2. The molecule has 148 valence electrons. The maximum Gasteiger partial charge on any atom is 0.240 e. The maximum absolute atomic E-state index is 12.8. The third-order valence-corrected chi connectivity index (χ3v) is 5.10. The average Bonchev–Trinajstić information content (AvgIpc) is 3.50. The summed E-state index contributed by atoms with van der Waals surface area (Å²) in [6.07, 6.45) is 1.06. The molecule has 28 heavy (non-hydrogen) atoms. The van der Waals surface area contributed by atoms with Crippen LogP contribution in [-0.2, 0) is 9.59 Å². The predicted octanol–water partition coefficient (Wildman–Crippen LogP) is 4.18. The highest BCUT2D eigenvalue weighted by Gasteiger charge is 2.56. The molecule has 1 aliphatic carbocycles. The summed E-state index contributed by atoms with van der Waals surface area (Å²) in [7, 11) is 3.08. The van der Waals surface area contributed by atoms with Crippen molar-refractivity contribution in [3.63, 3.8) is 0 Å². The lowest BCUT2D eigenvalue weighted by Crippen LogP contribution is -2.35. The number of rotatable bonds is 7. The number of benzene rings is 2. The molecule has 1 saturated carbocycles. The molecule has 0 spiro atoms. The van der Waals surface area contributed by atoms with E-state index < -0.39 is 5.41 Å². The Hall–Kier alpha value is -3.02. The van der Waals surface area contributed by atoms with Crippen molar-refractivity contribution in [2.45, 2.75) is 32.6 Å². The molecule has 2 N–H and O–H groups in total. The molecule has 0 radical (unpaired) electrons. The van der Waals surface area contributed by atoms with Crippen LogP contribution in [-0.4, -0.2) is 26.0 Å². The van der Waals surface area contributed by atoms with E-state index in [1.54, 1.807) is 25.3 Å². The molecule has 0 unspecified atom stereocenters. The molecule has 0 saturated heterocycles. The largest absolute Gasteiger partial charge is 0.493 e. The Morgan fingerprint density at radius 2 is 1.39 bits per heavy atom. The van der Waals surface area contributed by atoms with Crippen LogP contribution in [0, 0.1) is 5.41 Å². The third kappa shape index (κ3) is 3.96. The van der Waals surface area contributed by atoms with E-state index in [0.29, 0.717) is 41.6 Å². The number of hydrogen-bond acceptors (Lipinski definition) is 4. The second-order valence-electron chi connectivity index (χ2n) is 7.34. The van der Waals surface area contributed by atoms with E-state index in [2.05, 4.69) is 24.5 Å². The van der Waals surface area contributed by atoms with Crippen molar-refractivity contribution < 1.29 is 19.1 Å². The van der Waals surface area contributed by atoms with Crippen LogP contribution in [0.15, 0.2) is 42.5 Å². The summed E-state index contributed by atoms with van der Waals surface area (Å²) in [4.78, 5) is 25.5. The van der Waals surface area contributed by atoms with Gasteiger partial charge in [0.25, 0.3) is 0 Å². The van der Waals surface area contributed by atoms with Gasteiger partial charge in [-0.1, -0.05) is 26.0 Å². The molecule has 2 aromatic carbocycles. The van der Waals surface area contributed by atoms with Gasteiger partial charge in [0.15, 0.2) is 11.5 Å². The minimum Gasteiger partial charge on any atom is -0.493 e. The van der Waals surface area contributed by atoms with Gasteiger partial charge in [0, 0.05) is 17.4 Å². The summed E-state index contributed by atoms with van der Waals surface area (Å²) in [6.45, 7) is 4.23. The Morgan fingerprint density at radius 1 is 0.857 bits per heavy atom.